The molecule has 5 heteroatoms. The van der Waals surface area contributed by atoms with Gasteiger partial charge < -0.3 is 10.2 Å². The molecule has 0 aliphatic carbocycles. The van der Waals surface area contributed by atoms with Gasteiger partial charge in [0.25, 0.3) is 0 Å². The summed E-state index contributed by atoms with van der Waals surface area (Å²) in [6, 6.07) is 6.21. The van der Waals surface area contributed by atoms with E-state index in [0.717, 1.165) is 30.9 Å². The summed E-state index contributed by atoms with van der Waals surface area (Å²) in [5.74, 6) is 0.845. The van der Waals surface area contributed by atoms with Gasteiger partial charge in [-0.2, -0.15) is 0 Å². The van der Waals surface area contributed by atoms with Crippen molar-refractivity contribution in [2.75, 3.05) is 25.5 Å². The Morgan fingerprint density at radius 2 is 2.32 bits per heavy atom. The predicted octanol–water partition coefficient (Wildman–Crippen LogP) is 3.19. The summed E-state index contributed by atoms with van der Waals surface area (Å²) in [5, 5.41) is 5.91. The standard InChI is InChI=1S/C14H18ClN3S/c1-16-9-11-8-13(15)14(17-10-11)18(2)6-5-12-4-3-7-19-12/h3-4,7-8,10,16H,5-6,9H2,1-2H3. The lowest BCUT2D eigenvalue weighted by molar-refractivity contribution is 0.809. The lowest BCUT2D eigenvalue weighted by Gasteiger charge is -2.19. The first-order valence-corrected chi connectivity index (χ1v) is 7.49. The highest BCUT2D eigenvalue weighted by Gasteiger charge is 2.09. The van der Waals surface area contributed by atoms with Gasteiger partial charge in [0, 0.05) is 31.2 Å². The minimum Gasteiger partial charge on any atom is -0.358 e. The number of likely N-dealkylation sites (N-methyl/N-ethyl adjacent to an activating group) is 1. The molecule has 0 atom stereocenters. The molecule has 3 nitrogen and oxygen atoms in total. The van der Waals surface area contributed by atoms with Gasteiger partial charge in [-0.05, 0) is 36.5 Å². The van der Waals surface area contributed by atoms with Gasteiger partial charge in [0.2, 0.25) is 0 Å². The van der Waals surface area contributed by atoms with Crippen LogP contribution in [0.1, 0.15) is 10.4 Å². The molecular weight excluding hydrogens is 278 g/mol. The Balaban J connectivity index is 2.00. The normalized spacial score (nSPS) is 10.7. The van der Waals surface area contributed by atoms with Gasteiger partial charge in [-0.15, -0.1) is 11.3 Å². The molecule has 0 aliphatic rings. The van der Waals surface area contributed by atoms with Crippen molar-refractivity contribution in [1.82, 2.24) is 10.3 Å². The quantitative estimate of drug-likeness (QED) is 0.887. The third kappa shape index (κ3) is 3.93. The fraction of sp³-hybridized carbons (Fsp3) is 0.357. The number of nitrogens with zero attached hydrogens (tertiary/aromatic N) is 2. The van der Waals surface area contributed by atoms with E-state index in [1.165, 1.54) is 4.88 Å². The van der Waals surface area contributed by atoms with Crippen molar-refractivity contribution in [2.24, 2.45) is 0 Å². The Labute approximate surface area is 123 Å². The number of rotatable bonds is 6. The van der Waals surface area contributed by atoms with E-state index < -0.39 is 0 Å². The van der Waals surface area contributed by atoms with Crippen LogP contribution < -0.4 is 10.2 Å². The van der Waals surface area contributed by atoms with Crippen LogP contribution in [0.2, 0.25) is 5.02 Å². The van der Waals surface area contributed by atoms with E-state index in [4.69, 9.17) is 11.6 Å². The van der Waals surface area contributed by atoms with Crippen molar-refractivity contribution in [3.8, 4) is 0 Å². The Morgan fingerprint density at radius 3 is 2.95 bits per heavy atom. The average molecular weight is 296 g/mol. The van der Waals surface area contributed by atoms with Crippen LogP contribution >= 0.6 is 22.9 Å². The summed E-state index contributed by atoms with van der Waals surface area (Å²) >= 11 is 8.08. The molecule has 0 amide bonds. The predicted molar refractivity (Wildman–Crippen MR) is 83.3 cm³/mol. The Hall–Kier alpha value is -1.10. The summed E-state index contributed by atoms with van der Waals surface area (Å²) in [6.45, 7) is 1.70. The maximum absolute atomic E-state index is 6.29. The molecule has 0 aliphatic heterocycles. The first-order chi connectivity index (χ1) is 9.20. The van der Waals surface area contributed by atoms with Crippen LogP contribution in [0.25, 0.3) is 0 Å². The van der Waals surface area contributed by atoms with Crippen molar-refractivity contribution in [1.29, 1.82) is 0 Å². The molecule has 2 aromatic rings. The summed E-state index contributed by atoms with van der Waals surface area (Å²) in [5.41, 5.74) is 1.10. The van der Waals surface area contributed by atoms with Crippen LogP contribution in [0, 0.1) is 0 Å². The molecule has 2 aromatic heterocycles. The molecule has 0 spiro atoms. The van der Waals surface area contributed by atoms with Crippen LogP contribution in [0.4, 0.5) is 5.82 Å². The lowest BCUT2D eigenvalue weighted by atomic mass is 10.2. The zero-order chi connectivity index (χ0) is 13.7. The zero-order valence-corrected chi connectivity index (χ0v) is 12.8. The van der Waals surface area contributed by atoms with Crippen LogP contribution in [-0.2, 0) is 13.0 Å². The van der Waals surface area contributed by atoms with Gasteiger partial charge in [-0.25, -0.2) is 4.98 Å². The third-order valence-electron chi connectivity index (χ3n) is 2.89. The number of anilines is 1. The van der Waals surface area contributed by atoms with E-state index in [0.29, 0.717) is 5.02 Å². The first-order valence-electron chi connectivity index (χ1n) is 6.23. The zero-order valence-electron chi connectivity index (χ0n) is 11.2. The number of thiophene rings is 1. The van der Waals surface area contributed by atoms with E-state index >= 15 is 0 Å². The minimum atomic E-state index is 0.710. The maximum atomic E-state index is 6.29. The first kappa shape index (κ1) is 14.3. The number of hydrogen-bond acceptors (Lipinski definition) is 4. The molecule has 19 heavy (non-hydrogen) atoms. The molecule has 0 aromatic carbocycles. The van der Waals surface area contributed by atoms with E-state index in [1.54, 1.807) is 11.3 Å². The van der Waals surface area contributed by atoms with Crippen LogP contribution in [0.5, 0.6) is 0 Å². The van der Waals surface area contributed by atoms with Gasteiger partial charge >= 0.3 is 0 Å². The molecule has 2 heterocycles. The van der Waals surface area contributed by atoms with E-state index in [1.807, 2.05) is 26.4 Å². The molecule has 0 saturated carbocycles. The second-order valence-electron chi connectivity index (χ2n) is 4.43. The van der Waals surface area contributed by atoms with Gasteiger partial charge in [-0.3, -0.25) is 0 Å². The summed E-state index contributed by atoms with van der Waals surface area (Å²) in [6.07, 6.45) is 2.89. The van der Waals surface area contributed by atoms with Crippen LogP contribution in [0.15, 0.2) is 29.8 Å². The summed E-state index contributed by atoms with van der Waals surface area (Å²) < 4.78 is 0. The lowest BCUT2D eigenvalue weighted by Crippen LogP contribution is -2.21. The molecular formula is C14H18ClN3S. The SMILES string of the molecule is CNCc1cnc(N(C)CCc2cccs2)c(Cl)c1. The fourth-order valence-electron chi connectivity index (χ4n) is 1.89. The minimum absolute atomic E-state index is 0.710. The van der Waals surface area contributed by atoms with Gasteiger partial charge in [0.05, 0.1) is 5.02 Å². The molecule has 0 bridgehead atoms. The van der Waals surface area contributed by atoms with Crippen molar-refractivity contribution >= 4 is 28.8 Å². The monoisotopic (exact) mass is 295 g/mol. The highest BCUT2D eigenvalue weighted by atomic mass is 35.5. The number of nitrogens with one attached hydrogen (secondary N) is 1. The van der Waals surface area contributed by atoms with Gasteiger partial charge in [-0.1, -0.05) is 17.7 Å². The average Bonchev–Trinajstić information content (AvgIpc) is 2.89. The highest BCUT2D eigenvalue weighted by Crippen LogP contribution is 2.23. The second-order valence-corrected chi connectivity index (χ2v) is 5.87. The number of pyridine rings is 1. The fourth-order valence-corrected chi connectivity index (χ4v) is 2.92. The molecule has 1 N–H and O–H groups in total. The molecule has 0 radical (unpaired) electrons. The van der Waals surface area contributed by atoms with Crippen LogP contribution in [0.3, 0.4) is 0 Å². The van der Waals surface area contributed by atoms with E-state index in [9.17, 15) is 0 Å². The molecule has 0 saturated heterocycles. The maximum Gasteiger partial charge on any atom is 0.147 e. The number of halogens is 1. The van der Waals surface area contributed by atoms with Crippen molar-refractivity contribution in [3.63, 3.8) is 0 Å². The molecule has 2 rings (SSSR count). The summed E-state index contributed by atoms with van der Waals surface area (Å²) in [4.78, 5) is 7.94. The van der Waals surface area contributed by atoms with Gasteiger partial charge in [0.1, 0.15) is 5.82 Å². The van der Waals surface area contributed by atoms with Crippen LogP contribution in [-0.4, -0.2) is 25.6 Å². The van der Waals surface area contributed by atoms with Gasteiger partial charge in [0.15, 0.2) is 0 Å². The summed E-state index contributed by atoms with van der Waals surface area (Å²) in [7, 11) is 3.94. The topological polar surface area (TPSA) is 28.2 Å². The Bertz CT molecular complexity index is 513. The highest BCUT2D eigenvalue weighted by molar-refractivity contribution is 7.09. The molecule has 0 fully saturated rings. The smallest absolute Gasteiger partial charge is 0.147 e. The van der Waals surface area contributed by atoms with E-state index in [2.05, 4.69) is 32.7 Å². The van der Waals surface area contributed by atoms with Crippen molar-refractivity contribution in [2.45, 2.75) is 13.0 Å². The Morgan fingerprint density at radius 1 is 1.47 bits per heavy atom. The van der Waals surface area contributed by atoms with E-state index in [-0.39, 0.29) is 0 Å². The Kier molecular flexibility index (Phi) is 5.19. The van der Waals surface area contributed by atoms with Crippen molar-refractivity contribution < 1.29 is 0 Å². The number of aromatic nitrogens is 1. The largest absolute Gasteiger partial charge is 0.358 e. The third-order valence-corrected chi connectivity index (χ3v) is 4.11. The molecule has 0 unspecified atom stereocenters. The number of hydrogen-bond donors (Lipinski definition) is 1. The molecule has 102 valence electrons. The second kappa shape index (κ2) is 6.89. The van der Waals surface area contributed by atoms with Crippen molar-refractivity contribution in [3.05, 3.63) is 45.2 Å².